The molecule has 0 aromatic heterocycles. The summed E-state index contributed by atoms with van der Waals surface area (Å²) >= 11 is 0. The summed E-state index contributed by atoms with van der Waals surface area (Å²) in [5.74, 6) is -0.316. The monoisotopic (exact) mass is 377 g/mol. The number of carboxylic acid groups (broad SMARTS) is 1. The summed E-state index contributed by atoms with van der Waals surface area (Å²) in [5.41, 5.74) is 1.41. The quantitative estimate of drug-likeness (QED) is 0.785. The highest BCUT2D eigenvalue weighted by molar-refractivity contribution is 5.79. The van der Waals surface area contributed by atoms with Crippen LogP contribution in [0.4, 0.5) is 0 Å². The summed E-state index contributed by atoms with van der Waals surface area (Å²) in [6.07, 6.45) is 0. The Morgan fingerprint density at radius 2 is 1.85 bits per heavy atom. The second kappa shape index (κ2) is 8.71. The molecule has 0 bridgehead atoms. The fourth-order valence-electron chi connectivity index (χ4n) is 3.39. The van der Waals surface area contributed by atoms with Gasteiger partial charge in [0, 0.05) is 37.3 Å². The van der Waals surface area contributed by atoms with Crippen molar-refractivity contribution in [2.45, 2.75) is 39.3 Å². The second-order valence-corrected chi connectivity index (χ2v) is 8.10. The topological polar surface area (TPSA) is 82.1 Å². The van der Waals surface area contributed by atoms with E-state index < -0.39 is 12.0 Å². The van der Waals surface area contributed by atoms with Crippen molar-refractivity contribution in [2.24, 2.45) is 0 Å². The van der Waals surface area contributed by atoms with Gasteiger partial charge >= 0.3 is 5.97 Å². The van der Waals surface area contributed by atoms with Crippen LogP contribution in [0.3, 0.4) is 0 Å². The lowest BCUT2D eigenvalue weighted by Crippen LogP contribution is -2.53. The molecule has 0 radical (unpaired) electrons. The molecule has 1 atom stereocenters. The maximum absolute atomic E-state index is 12.1. The summed E-state index contributed by atoms with van der Waals surface area (Å²) in [5, 5.41) is 12.8. The zero-order valence-corrected chi connectivity index (χ0v) is 16.9. The van der Waals surface area contributed by atoms with Crippen molar-refractivity contribution in [3.05, 3.63) is 29.3 Å². The van der Waals surface area contributed by atoms with Crippen LogP contribution < -0.4 is 10.1 Å². The number of piperazine rings is 1. The van der Waals surface area contributed by atoms with E-state index in [0.29, 0.717) is 44.0 Å². The molecule has 0 spiro atoms. The van der Waals surface area contributed by atoms with E-state index in [0.717, 1.165) is 5.56 Å². The minimum Gasteiger partial charge on any atom is -0.496 e. The highest BCUT2D eigenvalue weighted by Gasteiger charge is 2.33. The van der Waals surface area contributed by atoms with Gasteiger partial charge in [0.25, 0.3) is 0 Å². The first-order valence-corrected chi connectivity index (χ1v) is 9.25. The van der Waals surface area contributed by atoms with E-state index in [2.05, 4.69) is 10.2 Å². The highest BCUT2D eigenvalue weighted by Crippen LogP contribution is 2.31. The van der Waals surface area contributed by atoms with Gasteiger partial charge in [0.05, 0.1) is 13.7 Å². The normalized spacial score (nSPS) is 17.4. The fourth-order valence-corrected chi connectivity index (χ4v) is 3.39. The Morgan fingerprint density at radius 1 is 1.22 bits per heavy atom. The predicted molar refractivity (Wildman–Crippen MR) is 104 cm³/mol. The Hall–Kier alpha value is -2.12. The summed E-state index contributed by atoms with van der Waals surface area (Å²) in [6, 6.07) is 4.84. The van der Waals surface area contributed by atoms with Gasteiger partial charge < -0.3 is 15.2 Å². The van der Waals surface area contributed by atoms with Crippen LogP contribution in [0.15, 0.2) is 18.2 Å². The lowest BCUT2D eigenvalue weighted by molar-refractivity contribution is -0.144. The summed E-state index contributed by atoms with van der Waals surface area (Å²) in [7, 11) is 1.55. The summed E-state index contributed by atoms with van der Waals surface area (Å²) in [6.45, 7) is 10.6. The number of methoxy groups -OCH3 is 1. The SMILES string of the molecule is COc1ccc(C)cc1C(C(=O)O)N1CCN(CC(=O)NC(C)(C)C)CC1. The van der Waals surface area contributed by atoms with Crippen molar-refractivity contribution >= 4 is 11.9 Å². The number of nitrogens with zero attached hydrogens (tertiary/aromatic N) is 2. The highest BCUT2D eigenvalue weighted by atomic mass is 16.5. The Morgan fingerprint density at radius 3 is 2.37 bits per heavy atom. The smallest absolute Gasteiger partial charge is 0.325 e. The van der Waals surface area contributed by atoms with E-state index in [4.69, 9.17) is 4.74 Å². The van der Waals surface area contributed by atoms with Gasteiger partial charge in [0.2, 0.25) is 5.91 Å². The predicted octanol–water partition coefficient (Wildman–Crippen LogP) is 1.66. The van der Waals surface area contributed by atoms with E-state index in [1.165, 1.54) is 0 Å². The molecule has 1 amide bonds. The van der Waals surface area contributed by atoms with Crippen LogP contribution in [0.5, 0.6) is 5.75 Å². The molecule has 150 valence electrons. The molecular formula is C20H31N3O4. The van der Waals surface area contributed by atoms with Crippen LogP contribution in [0.2, 0.25) is 0 Å². The minimum atomic E-state index is -0.891. The number of rotatable bonds is 6. The first kappa shape index (κ1) is 21.2. The number of carbonyl (C=O) groups is 2. The Kier molecular flexibility index (Phi) is 6.84. The van der Waals surface area contributed by atoms with Gasteiger partial charge in [0.1, 0.15) is 11.8 Å². The standard InChI is InChI=1S/C20H31N3O4/c1-14-6-7-16(27-5)15(12-14)18(19(25)26)23-10-8-22(9-11-23)13-17(24)21-20(2,3)4/h6-7,12,18H,8-11,13H2,1-5H3,(H,21,24)(H,25,26). The molecule has 7 heteroatoms. The lowest BCUT2D eigenvalue weighted by Gasteiger charge is -2.38. The minimum absolute atomic E-state index is 0.00825. The maximum atomic E-state index is 12.1. The molecule has 1 unspecified atom stereocenters. The van der Waals surface area contributed by atoms with Gasteiger partial charge in [0.15, 0.2) is 0 Å². The molecule has 7 nitrogen and oxygen atoms in total. The average Bonchev–Trinajstić information content (AvgIpc) is 2.55. The van der Waals surface area contributed by atoms with E-state index in [9.17, 15) is 14.7 Å². The number of aryl methyl sites for hydroxylation is 1. The Labute approximate surface area is 161 Å². The first-order chi connectivity index (χ1) is 12.6. The largest absolute Gasteiger partial charge is 0.496 e. The van der Waals surface area contributed by atoms with Crippen molar-refractivity contribution in [2.75, 3.05) is 39.8 Å². The van der Waals surface area contributed by atoms with E-state index in [-0.39, 0.29) is 11.4 Å². The molecule has 1 saturated heterocycles. The molecule has 1 heterocycles. The van der Waals surface area contributed by atoms with Gasteiger partial charge in [-0.3, -0.25) is 19.4 Å². The van der Waals surface area contributed by atoms with Crippen LogP contribution in [-0.2, 0) is 9.59 Å². The summed E-state index contributed by atoms with van der Waals surface area (Å²) in [4.78, 5) is 28.1. The molecule has 0 saturated carbocycles. The van der Waals surface area contributed by atoms with Crippen molar-refractivity contribution < 1.29 is 19.4 Å². The van der Waals surface area contributed by atoms with Crippen LogP contribution in [0, 0.1) is 6.92 Å². The third kappa shape index (κ3) is 5.94. The van der Waals surface area contributed by atoms with Crippen LogP contribution >= 0.6 is 0 Å². The number of aliphatic carboxylic acids is 1. The van der Waals surface area contributed by atoms with Crippen molar-refractivity contribution in [1.29, 1.82) is 0 Å². The van der Waals surface area contributed by atoms with Gasteiger partial charge in [-0.25, -0.2) is 0 Å². The van der Waals surface area contributed by atoms with Gasteiger partial charge in [-0.15, -0.1) is 0 Å². The number of benzene rings is 1. The van der Waals surface area contributed by atoms with Gasteiger partial charge in [-0.2, -0.15) is 0 Å². The van der Waals surface area contributed by atoms with Crippen LogP contribution in [0.25, 0.3) is 0 Å². The third-order valence-corrected chi connectivity index (χ3v) is 4.57. The Bertz CT molecular complexity index is 676. The molecule has 0 aliphatic carbocycles. The molecule has 2 rings (SSSR count). The van der Waals surface area contributed by atoms with Gasteiger partial charge in [-0.1, -0.05) is 17.7 Å². The maximum Gasteiger partial charge on any atom is 0.325 e. The number of amides is 1. The molecule has 1 aromatic carbocycles. The second-order valence-electron chi connectivity index (χ2n) is 8.10. The number of carbonyl (C=O) groups excluding carboxylic acids is 1. The molecule has 27 heavy (non-hydrogen) atoms. The number of nitrogens with one attached hydrogen (secondary N) is 1. The van der Waals surface area contributed by atoms with E-state index >= 15 is 0 Å². The Balaban J connectivity index is 2.05. The molecule has 1 aromatic rings. The fraction of sp³-hybridized carbons (Fsp3) is 0.600. The molecule has 1 fully saturated rings. The van der Waals surface area contributed by atoms with Crippen LogP contribution in [-0.4, -0.2) is 72.2 Å². The molecule has 2 N–H and O–H groups in total. The summed E-state index contributed by atoms with van der Waals surface area (Å²) < 4.78 is 5.39. The molecular weight excluding hydrogens is 346 g/mol. The zero-order chi connectivity index (χ0) is 20.2. The molecule has 1 aliphatic heterocycles. The van der Waals surface area contributed by atoms with Crippen molar-refractivity contribution in [1.82, 2.24) is 15.1 Å². The van der Waals surface area contributed by atoms with Crippen molar-refractivity contribution in [3.63, 3.8) is 0 Å². The average molecular weight is 377 g/mol. The number of carboxylic acids is 1. The van der Waals surface area contributed by atoms with Crippen molar-refractivity contribution in [3.8, 4) is 5.75 Å². The zero-order valence-electron chi connectivity index (χ0n) is 16.9. The van der Waals surface area contributed by atoms with Crippen LogP contribution in [0.1, 0.15) is 37.9 Å². The number of hydrogen-bond acceptors (Lipinski definition) is 5. The van der Waals surface area contributed by atoms with E-state index in [1.807, 2.05) is 50.8 Å². The lowest BCUT2D eigenvalue weighted by atomic mass is 10.0. The van der Waals surface area contributed by atoms with E-state index in [1.54, 1.807) is 7.11 Å². The third-order valence-electron chi connectivity index (χ3n) is 4.57. The number of hydrogen-bond donors (Lipinski definition) is 2. The molecule has 1 aliphatic rings. The first-order valence-electron chi connectivity index (χ1n) is 9.25. The van der Waals surface area contributed by atoms with Gasteiger partial charge in [-0.05, 0) is 33.8 Å². The number of ether oxygens (including phenoxy) is 1.